The molecule has 0 radical (unpaired) electrons. The summed E-state index contributed by atoms with van der Waals surface area (Å²) in [5, 5.41) is 3.31. The highest BCUT2D eigenvalue weighted by Gasteiger charge is 2.09. The van der Waals surface area contributed by atoms with E-state index in [0.717, 1.165) is 5.56 Å². The number of aromatic amines is 1. The zero-order valence-corrected chi connectivity index (χ0v) is 17.3. The summed E-state index contributed by atoms with van der Waals surface area (Å²) in [6.07, 6.45) is 0. The Labute approximate surface area is 181 Å². The molecule has 0 bridgehead atoms. The van der Waals surface area contributed by atoms with E-state index in [4.69, 9.17) is 17.0 Å². The number of hydrogen-bond acceptors (Lipinski definition) is 4. The lowest BCUT2D eigenvalue weighted by molar-refractivity contribution is 0.0951. The number of carbonyl (C=O) groups excluding carboxylic acids is 1. The van der Waals surface area contributed by atoms with Gasteiger partial charge in [0.2, 0.25) is 0 Å². The molecule has 0 atom stereocenters. The zero-order chi connectivity index (χ0) is 22.0. The molecule has 0 saturated heterocycles. The van der Waals surface area contributed by atoms with Crippen molar-refractivity contribution < 1.29 is 13.9 Å². The van der Waals surface area contributed by atoms with Crippen molar-refractivity contribution in [2.24, 2.45) is 7.05 Å². The van der Waals surface area contributed by atoms with Gasteiger partial charge in [0.15, 0.2) is 4.77 Å². The highest BCUT2D eigenvalue weighted by molar-refractivity contribution is 7.71. The summed E-state index contributed by atoms with van der Waals surface area (Å²) in [5.41, 5.74) is 1.60. The van der Waals surface area contributed by atoms with E-state index in [1.165, 1.54) is 16.7 Å². The number of nitrogens with one attached hydrogen (secondary N) is 2. The average molecular weight is 435 g/mol. The van der Waals surface area contributed by atoms with Crippen LogP contribution in [0.1, 0.15) is 15.9 Å². The molecule has 156 valence electrons. The third-order valence-electron chi connectivity index (χ3n) is 4.79. The van der Waals surface area contributed by atoms with Crippen molar-refractivity contribution in [2.75, 3.05) is 0 Å². The number of fused-ring (bicyclic) bond motifs is 1. The Hall–Kier alpha value is -3.78. The van der Waals surface area contributed by atoms with Crippen molar-refractivity contribution in [3.05, 3.63) is 98.8 Å². The maximum Gasteiger partial charge on any atom is 0.261 e. The molecule has 0 aliphatic heterocycles. The van der Waals surface area contributed by atoms with Gasteiger partial charge in [-0.1, -0.05) is 12.1 Å². The number of rotatable bonds is 5. The summed E-state index contributed by atoms with van der Waals surface area (Å²) in [6.45, 7) is 0.320. The second-order valence-electron chi connectivity index (χ2n) is 6.94. The number of H-pyrrole nitrogens is 1. The average Bonchev–Trinajstić information content (AvgIpc) is 2.78. The van der Waals surface area contributed by atoms with E-state index < -0.39 is 0 Å². The molecule has 0 saturated carbocycles. The molecule has 0 spiro atoms. The fraction of sp³-hybridized carbons (Fsp3) is 0.0870. The second-order valence-corrected chi connectivity index (χ2v) is 7.32. The minimum atomic E-state index is -0.324. The van der Waals surface area contributed by atoms with E-state index in [1.54, 1.807) is 49.5 Å². The van der Waals surface area contributed by atoms with Crippen LogP contribution in [0.2, 0.25) is 0 Å². The topological polar surface area (TPSA) is 76.1 Å². The number of hydrogen-bond donors (Lipinski definition) is 2. The minimum Gasteiger partial charge on any atom is -0.457 e. The van der Waals surface area contributed by atoms with Gasteiger partial charge in [-0.15, -0.1) is 0 Å². The monoisotopic (exact) mass is 435 g/mol. The number of carbonyl (C=O) groups is 1. The fourth-order valence-electron chi connectivity index (χ4n) is 3.05. The molecule has 1 amide bonds. The van der Waals surface area contributed by atoms with E-state index in [-0.39, 0.29) is 22.1 Å². The van der Waals surface area contributed by atoms with Gasteiger partial charge in [-0.05, 0) is 72.4 Å². The Morgan fingerprint density at radius 2 is 1.71 bits per heavy atom. The lowest BCUT2D eigenvalue weighted by atomic mass is 10.1. The molecule has 8 heteroatoms. The largest absolute Gasteiger partial charge is 0.457 e. The van der Waals surface area contributed by atoms with Gasteiger partial charge in [0.05, 0.1) is 10.9 Å². The number of amides is 1. The van der Waals surface area contributed by atoms with Crippen molar-refractivity contribution in [3.63, 3.8) is 0 Å². The van der Waals surface area contributed by atoms with Crippen molar-refractivity contribution in [1.82, 2.24) is 14.9 Å². The van der Waals surface area contributed by atoms with Gasteiger partial charge in [0, 0.05) is 19.2 Å². The minimum absolute atomic E-state index is 0.214. The van der Waals surface area contributed by atoms with Gasteiger partial charge in [0.1, 0.15) is 17.3 Å². The number of aromatic nitrogens is 2. The molecule has 4 aromatic rings. The quantitative estimate of drug-likeness (QED) is 0.454. The van der Waals surface area contributed by atoms with Gasteiger partial charge in [0.25, 0.3) is 11.5 Å². The highest BCUT2D eigenvalue weighted by atomic mass is 32.1. The lowest BCUT2D eigenvalue weighted by Gasteiger charge is -2.09. The molecule has 0 unspecified atom stereocenters. The first-order valence-corrected chi connectivity index (χ1v) is 9.85. The van der Waals surface area contributed by atoms with E-state index >= 15 is 0 Å². The first kappa shape index (κ1) is 20.5. The van der Waals surface area contributed by atoms with Crippen molar-refractivity contribution in [3.8, 4) is 11.5 Å². The summed E-state index contributed by atoms with van der Waals surface area (Å²) in [5.74, 6) is 0.545. The number of ether oxygens (including phenoxy) is 1. The van der Waals surface area contributed by atoms with Crippen molar-refractivity contribution in [2.45, 2.75) is 6.54 Å². The standard InChI is InChI=1S/C23H18FN3O3S/c1-27-22(29)19-11-4-15(12-20(19)26-23(27)31)21(28)25-13-14-2-7-17(8-3-14)30-18-9-5-16(24)6-10-18/h2-12H,13H2,1H3,(H,25,28)(H,26,31). The maximum absolute atomic E-state index is 13.0. The van der Waals surface area contributed by atoms with Gasteiger partial charge >= 0.3 is 0 Å². The SMILES string of the molecule is Cn1c(=S)[nH]c2cc(C(=O)NCc3ccc(Oc4ccc(F)cc4)cc3)ccc2c1=O. The predicted molar refractivity (Wildman–Crippen MR) is 118 cm³/mol. The molecule has 1 aromatic heterocycles. The van der Waals surface area contributed by atoms with Crippen LogP contribution in [0.4, 0.5) is 4.39 Å². The number of benzene rings is 3. The van der Waals surface area contributed by atoms with Crippen LogP contribution in [0.15, 0.2) is 71.5 Å². The highest BCUT2D eigenvalue weighted by Crippen LogP contribution is 2.22. The molecule has 2 N–H and O–H groups in total. The van der Waals surface area contributed by atoms with Crippen LogP contribution in [0, 0.1) is 10.6 Å². The van der Waals surface area contributed by atoms with Crippen molar-refractivity contribution in [1.29, 1.82) is 0 Å². The molecule has 0 aliphatic carbocycles. The Balaban J connectivity index is 1.42. The Morgan fingerprint density at radius 1 is 1.06 bits per heavy atom. The Morgan fingerprint density at radius 3 is 2.39 bits per heavy atom. The first-order chi connectivity index (χ1) is 14.9. The molecule has 1 heterocycles. The molecule has 31 heavy (non-hydrogen) atoms. The summed E-state index contributed by atoms with van der Waals surface area (Å²) < 4.78 is 20.3. The number of halogens is 1. The maximum atomic E-state index is 13.0. The van der Waals surface area contributed by atoms with Crippen LogP contribution in [-0.4, -0.2) is 15.5 Å². The second kappa shape index (κ2) is 8.53. The molecule has 4 rings (SSSR count). The van der Waals surface area contributed by atoms with Gasteiger partial charge in [-0.25, -0.2) is 4.39 Å². The van der Waals surface area contributed by atoms with Crippen LogP contribution in [0.3, 0.4) is 0 Å². The van der Waals surface area contributed by atoms with Crippen LogP contribution in [0.5, 0.6) is 11.5 Å². The molecular weight excluding hydrogens is 417 g/mol. The summed E-state index contributed by atoms with van der Waals surface area (Å²) >= 11 is 5.13. The molecular formula is C23H18FN3O3S. The summed E-state index contributed by atoms with van der Waals surface area (Å²) in [7, 11) is 1.59. The van der Waals surface area contributed by atoms with Crippen LogP contribution < -0.4 is 15.6 Å². The van der Waals surface area contributed by atoms with Gasteiger partial charge < -0.3 is 15.0 Å². The Bertz CT molecular complexity index is 1380. The van der Waals surface area contributed by atoms with Crippen LogP contribution >= 0.6 is 12.2 Å². The molecule has 0 aliphatic rings. The van der Waals surface area contributed by atoms with E-state index in [0.29, 0.717) is 34.5 Å². The normalized spacial score (nSPS) is 10.8. The third kappa shape index (κ3) is 4.54. The lowest BCUT2D eigenvalue weighted by Crippen LogP contribution is -2.23. The van der Waals surface area contributed by atoms with Crippen LogP contribution in [0.25, 0.3) is 10.9 Å². The first-order valence-electron chi connectivity index (χ1n) is 9.44. The van der Waals surface area contributed by atoms with E-state index in [1.807, 2.05) is 12.1 Å². The van der Waals surface area contributed by atoms with Crippen molar-refractivity contribution >= 4 is 29.0 Å². The molecule has 6 nitrogen and oxygen atoms in total. The number of nitrogens with zero attached hydrogens (tertiary/aromatic N) is 1. The summed E-state index contributed by atoms with van der Waals surface area (Å²) in [6, 6.07) is 17.8. The van der Waals surface area contributed by atoms with Crippen LogP contribution in [-0.2, 0) is 13.6 Å². The predicted octanol–water partition coefficient (Wildman–Crippen LogP) is 4.46. The van der Waals surface area contributed by atoms with Gasteiger partial charge in [-0.3, -0.25) is 14.2 Å². The zero-order valence-electron chi connectivity index (χ0n) is 16.5. The molecule has 0 fully saturated rings. The fourth-order valence-corrected chi connectivity index (χ4v) is 3.24. The van der Waals surface area contributed by atoms with Gasteiger partial charge in [-0.2, -0.15) is 0 Å². The van der Waals surface area contributed by atoms with E-state index in [2.05, 4.69) is 10.3 Å². The Kier molecular flexibility index (Phi) is 5.64. The van der Waals surface area contributed by atoms with E-state index in [9.17, 15) is 14.0 Å². The smallest absolute Gasteiger partial charge is 0.261 e. The molecule has 3 aromatic carbocycles. The summed E-state index contributed by atoms with van der Waals surface area (Å²) in [4.78, 5) is 27.8. The third-order valence-corrected chi connectivity index (χ3v) is 5.16.